The number of benzene rings is 1. The van der Waals surface area contributed by atoms with Crippen molar-refractivity contribution in [3.05, 3.63) is 29.6 Å². The first-order chi connectivity index (χ1) is 13.4. The molecule has 1 aliphatic carbocycles. The van der Waals surface area contributed by atoms with Crippen LogP contribution in [-0.2, 0) is 9.53 Å². The van der Waals surface area contributed by atoms with Gasteiger partial charge in [0.25, 0.3) is 5.91 Å². The van der Waals surface area contributed by atoms with Crippen LogP contribution in [0.1, 0.15) is 36.0 Å². The number of morpholine rings is 1. The van der Waals surface area contributed by atoms with Gasteiger partial charge in [0.15, 0.2) is 0 Å². The molecule has 152 valence electrons. The van der Waals surface area contributed by atoms with Gasteiger partial charge in [-0.25, -0.2) is 9.18 Å². The molecule has 3 amide bonds. The standard InChI is InChI=1S/C19H24FN3O5/c20-16-11-14(5-6-15(16)17(24)23-7-9-28-10-8-23)22-19(27)21-13-3-1-12(2-4-13)18(25)26/h5-6,11-13H,1-4,7-10H2,(H,25,26)(H2,21,22,27). The van der Waals surface area contributed by atoms with Gasteiger partial charge >= 0.3 is 12.0 Å². The second-order valence-electron chi connectivity index (χ2n) is 7.08. The van der Waals surface area contributed by atoms with E-state index in [0.717, 1.165) is 6.07 Å². The van der Waals surface area contributed by atoms with Gasteiger partial charge in [0, 0.05) is 24.8 Å². The Balaban J connectivity index is 1.53. The van der Waals surface area contributed by atoms with E-state index in [-0.39, 0.29) is 23.2 Å². The number of urea groups is 1. The van der Waals surface area contributed by atoms with Crippen LogP contribution in [0.3, 0.4) is 0 Å². The first-order valence-electron chi connectivity index (χ1n) is 9.41. The van der Waals surface area contributed by atoms with Crippen LogP contribution < -0.4 is 10.6 Å². The third-order valence-corrected chi connectivity index (χ3v) is 5.17. The van der Waals surface area contributed by atoms with E-state index in [1.165, 1.54) is 17.0 Å². The smallest absolute Gasteiger partial charge is 0.319 e. The highest BCUT2D eigenvalue weighted by atomic mass is 19.1. The monoisotopic (exact) mass is 393 g/mol. The summed E-state index contributed by atoms with van der Waals surface area (Å²) in [5.41, 5.74) is 0.201. The lowest BCUT2D eigenvalue weighted by Gasteiger charge is -2.27. The third-order valence-electron chi connectivity index (χ3n) is 5.17. The van der Waals surface area contributed by atoms with E-state index >= 15 is 0 Å². The molecule has 2 fully saturated rings. The van der Waals surface area contributed by atoms with Gasteiger partial charge in [-0.1, -0.05) is 0 Å². The minimum absolute atomic E-state index is 0.0418. The molecule has 1 saturated heterocycles. The van der Waals surface area contributed by atoms with Crippen molar-refractivity contribution >= 4 is 23.6 Å². The lowest BCUT2D eigenvalue weighted by Crippen LogP contribution is -2.41. The fourth-order valence-corrected chi connectivity index (χ4v) is 3.54. The minimum atomic E-state index is -0.801. The molecule has 0 spiro atoms. The summed E-state index contributed by atoms with van der Waals surface area (Å²) in [6.07, 6.45) is 2.22. The topological polar surface area (TPSA) is 108 Å². The number of rotatable bonds is 4. The van der Waals surface area contributed by atoms with Crippen molar-refractivity contribution in [1.29, 1.82) is 0 Å². The SMILES string of the molecule is O=C(Nc1ccc(C(=O)N2CCOCC2)c(F)c1)NC1CCC(C(=O)O)CC1. The summed E-state index contributed by atoms with van der Waals surface area (Å²) in [5, 5.41) is 14.3. The third kappa shape index (κ3) is 4.98. The number of carbonyl (C=O) groups excluding carboxylic acids is 2. The predicted octanol–water partition coefficient (Wildman–Crippen LogP) is 2.06. The van der Waals surface area contributed by atoms with Crippen LogP contribution >= 0.6 is 0 Å². The number of anilines is 1. The number of carboxylic acids is 1. The molecule has 0 aromatic heterocycles. The Labute approximate surface area is 162 Å². The minimum Gasteiger partial charge on any atom is -0.481 e. The highest BCUT2D eigenvalue weighted by Gasteiger charge is 2.27. The Morgan fingerprint density at radius 1 is 1.11 bits per heavy atom. The lowest BCUT2D eigenvalue weighted by molar-refractivity contribution is -0.142. The molecule has 3 N–H and O–H groups in total. The van der Waals surface area contributed by atoms with Crippen LogP contribution in [0.15, 0.2) is 18.2 Å². The van der Waals surface area contributed by atoms with Gasteiger partial charge in [0.05, 0.1) is 24.7 Å². The van der Waals surface area contributed by atoms with Crippen molar-refractivity contribution in [1.82, 2.24) is 10.2 Å². The summed E-state index contributed by atoms with van der Waals surface area (Å²) >= 11 is 0. The predicted molar refractivity (Wildman–Crippen MR) is 98.7 cm³/mol. The number of ether oxygens (including phenoxy) is 1. The lowest BCUT2D eigenvalue weighted by atomic mass is 9.86. The van der Waals surface area contributed by atoms with Crippen molar-refractivity contribution in [3.8, 4) is 0 Å². The number of halogens is 1. The Morgan fingerprint density at radius 3 is 2.39 bits per heavy atom. The quantitative estimate of drug-likeness (QED) is 0.726. The molecule has 1 aromatic carbocycles. The molecule has 1 aliphatic heterocycles. The molecule has 1 heterocycles. The van der Waals surface area contributed by atoms with Crippen LogP contribution in [0.2, 0.25) is 0 Å². The van der Waals surface area contributed by atoms with Gasteiger partial charge in [0.2, 0.25) is 0 Å². The number of aliphatic carboxylic acids is 1. The second kappa shape index (κ2) is 9.01. The van der Waals surface area contributed by atoms with Crippen LogP contribution in [0.5, 0.6) is 0 Å². The molecule has 28 heavy (non-hydrogen) atoms. The molecule has 8 nitrogen and oxygen atoms in total. The molecule has 0 bridgehead atoms. The van der Waals surface area contributed by atoms with Crippen molar-refractivity contribution in [2.45, 2.75) is 31.7 Å². The summed E-state index contributed by atoms with van der Waals surface area (Å²) in [5.74, 6) is -2.25. The summed E-state index contributed by atoms with van der Waals surface area (Å²) < 4.78 is 19.6. The highest BCUT2D eigenvalue weighted by Crippen LogP contribution is 2.24. The highest BCUT2D eigenvalue weighted by molar-refractivity contribution is 5.96. The summed E-state index contributed by atoms with van der Waals surface area (Å²) in [4.78, 5) is 37.0. The van der Waals surface area contributed by atoms with Crippen molar-refractivity contribution in [3.63, 3.8) is 0 Å². The Hall–Kier alpha value is -2.68. The van der Waals surface area contributed by atoms with Gasteiger partial charge in [-0.05, 0) is 43.9 Å². The van der Waals surface area contributed by atoms with Crippen molar-refractivity contribution < 1.29 is 28.6 Å². The van der Waals surface area contributed by atoms with Crippen LogP contribution in [-0.4, -0.2) is 60.3 Å². The first kappa shape index (κ1) is 20.1. The molecule has 1 saturated carbocycles. The van der Waals surface area contributed by atoms with E-state index in [0.29, 0.717) is 52.0 Å². The van der Waals surface area contributed by atoms with E-state index in [4.69, 9.17) is 9.84 Å². The maximum absolute atomic E-state index is 14.4. The molecule has 1 aromatic rings. The zero-order chi connectivity index (χ0) is 20.1. The van der Waals surface area contributed by atoms with Crippen LogP contribution in [0.25, 0.3) is 0 Å². The molecule has 9 heteroatoms. The maximum Gasteiger partial charge on any atom is 0.319 e. The van der Waals surface area contributed by atoms with E-state index in [1.807, 2.05) is 0 Å². The summed E-state index contributed by atoms with van der Waals surface area (Å²) in [6.45, 7) is 1.71. The first-order valence-corrected chi connectivity index (χ1v) is 9.41. The van der Waals surface area contributed by atoms with E-state index in [9.17, 15) is 18.8 Å². The number of hydrogen-bond donors (Lipinski definition) is 3. The zero-order valence-electron chi connectivity index (χ0n) is 15.4. The second-order valence-corrected chi connectivity index (χ2v) is 7.08. The number of hydrogen-bond acceptors (Lipinski definition) is 4. The van der Waals surface area contributed by atoms with Crippen LogP contribution in [0, 0.1) is 11.7 Å². The van der Waals surface area contributed by atoms with Gasteiger partial charge in [0.1, 0.15) is 5.82 Å². The number of carboxylic acid groups (broad SMARTS) is 1. The van der Waals surface area contributed by atoms with Gasteiger partial charge < -0.3 is 25.4 Å². The zero-order valence-corrected chi connectivity index (χ0v) is 15.4. The summed E-state index contributed by atoms with van der Waals surface area (Å²) in [6, 6.07) is 3.38. The number of carbonyl (C=O) groups is 3. The average molecular weight is 393 g/mol. The molecule has 2 aliphatic rings. The van der Waals surface area contributed by atoms with Gasteiger partial charge in [-0.3, -0.25) is 9.59 Å². The number of nitrogens with zero attached hydrogens (tertiary/aromatic N) is 1. The van der Waals surface area contributed by atoms with E-state index < -0.39 is 23.7 Å². The van der Waals surface area contributed by atoms with E-state index in [2.05, 4.69) is 10.6 Å². The van der Waals surface area contributed by atoms with Crippen molar-refractivity contribution in [2.75, 3.05) is 31.6 Å². The molecular weight excluding hydrogens is 369 g/mol. The van der Waals surface area contributed by atoms with Crippen LogP contribution in [0.4, 0.5) is 14.9 Å². The fourth-order valence-electron chi connectivity index (χ4n) is 3.54. The van der Waals surface area contributed by atoms with E-state index in [1.54, 1.807) is 0 Å². The number of amides is 3. The average Bonchev–Trinajstić information content (AvgIpc) is 2.68. The van der Waals surface area contributed by atoms with Gasteiger partial charge in [-0.2, -0.15) is 0 Å². The fraction of sp³-hybridized carbons (Fsp3) is 0.526. The summed E-state index contributed by atoms with van der Waals surface area (Å²) in [7, 11) is 0. The Morgan fingerprint density at radius 2 is 1.79 bits per heavy atom. The largest absolute Gasteiger partial charge is 0.481 e. The molecule has 3 rings (SSSR count). The van der Waals surface area contributed by atoms with Crippen molar-refractivity contribution in [2.24, 2.45) is 5.92 Å². The Bertz CT molecular complexity index is 743. The molecule has 0 radical (unpaired) electrons. The van der Waals surface area contributed by atoms with Gasteiger partial charge in [-0.15, -0.1) is 0 Å². The Kier molecular flexibility index (Phi) is 6.45. The molecular formula is C19H24FN3O5. The molecule has 0 unspecified atom stereocenters. The normalized spacial score (nSPS) is 22.4. The maximum atomic E-state index is 14.4. The molecule has 0 atom stereocenters. The number of nitrogens with one attached hydrogen (secondary N) is 2.